The normalized spacial score (nSPS) is 12.7. The molecule has 0 aromatic heterocycles. The molecule has 0 rings (SSSR count). The zero-order valence-corrected chi connectivity index (χ0v) is 7.41. The molecule has 0 aliphatic rings. The Morgan fingerprint density at radius 1 is 1.30 bits per heavy atom. The molecule has 0 saturated carbocycles. The van der Waals surface area contributed by atoms with E-state index in [1.807, 2.05) is 0 Å². The standard InChI is InChI=1S/C10H18/c1-6-9(5)10(7-2)8(3)4/h10H,3,5-7H2,1-2,4H3. The van der Waals surface area contributed by atoms with E-state index in [1.54, 1.807) is 0 Å². The Morgan fingerprint density at radius 2 is 1.80 bits per heavy atom. The minimum atomic E-state index is 0.546. The summed E-state index contributed by atoms with van der Waals surface area (Å²) in [6, 6.07) is 0. The minimum absolute atomic E-state index is 0.546. The first-order chi connectivity index (χ1) is 4.63. The maximum absolute atomic E-state index is 4.00. The summed E-state index contributed by atoms with van der Waals surface area (Å²) in [6.45, 7) is 14.3. The maximum Gasteiger partial charge on any atom is -0.000395 e. The number of rotatable bonds is 4. The van der Waals surface area contributed by atoms with Gasteiger partial charge in [0.15, 0.2) is 0 Å². The summed E-state index contributed by atoms with van der Waals surface area (Å²) in [4.78, 5) is 0. The highest BCUT2D eigenvalue weighted by atomic mass is 14.1. The fourth-order valence-corrected chi connectivity index (χ4v) is 1.23. The van der Waals surface area contributed by atoms with Crippen LogP contribution in [0, 0.1) is 5.92 Å². The Balaban J connectivity index is 4.06. The van der Waals surface area contributed by atoms with Crippen LogP contribution < -0.4 is 0 Å². The molecule has 0 saturated heterocycles. The molecule has 0 aromatic carbocycles. The van der Waals surface area contributed by atoms with Crippen molar-refractivity contribution >= 4 is 0 Å². The van der Waals surface area contributed by atoms with Gasteiger partial charge in [0.2, 0.25) is 0 Å². The first-order valence-corrected chi connectivity index (χ1v) is 3.96. The molecule has 0 aromatic rings. The first-order valence-electron chi connectivity index (χ1n) is 3.96. The van der Waals surface area contributed by atoms with Crippen molar-refractivity contribution in [1.82, 2.24) is 0 Å². The molecule has 0 spiro atoms. The molecule has 0 radical (unpaired) electrons. The summed E-state index contributed by atoms with van der Waals surface area (Å²) in [6.07, 6.45) is 2.22. The van der Waals surface area contributed by atoms with E-state index in [2.05, 4.69) is 33.9 Å². The molecule has 0 bridgehead atoms. The highest BCUT2D eigenvalue weighted by Crippen LogP contribution is 2.22. The summed E-state index contributed by atoms with van der Waals surface area (Å²) in [5.74, 6) is 0.546. The summed E-state index contributed by atoms with van der Waals surface area (Å²) in [5.41, 5.74) is 2.56. The molecule has 58 valence electrons. The Kier molecular flexibility index (Phi) is 4.10. The van der Waals surface area contributed by atoms with E-state index in [-0.39, 0.29) is 0 Å². The van der Waals surface area contributed by atoms with Crippen LogP contribution in [0.4, 0.5) is 0 Å². The number of hydrogen-bond acceptors (Lipinski definition) is 0. The van der Waals surface area contributed by atoms with Crippen LogP contribution in [-0.4, -0.2) is 0 Å². The van der Waals surface area contributed by atoms with Crippen LogP contribution >= 0.6 is 0 Å². The largest absolute Gasteiger partial charge is 0.0995 e. The molecule has 0 heterocycles. The Hall–Kier alpha value is -0.520. The van der Waals surface area contributed by atoms with Crippen LogP contribution in [0.1, 0.15) is 33.6 Å². The molecule has 0 aliphatic heterocycles. The van der Waals surface area contributed by atoms with Crippen molar-refractivity contribution in [1.29, 1.82) is 0 Å². The van der Waals surface area contributed by atoms with Crippen molar-refractivity contribution in [3.63, 3.8) is 0 Å². The van der Waals surface area contributed by atoms with Crippen molar-refractivity contribution in [3.8, 4) is 0 Å². The topological polar surface area (TPSA) is 0 Å². The Morgan fingerprint density at radius 3 is 1.90 bits per heavy atom. The lowest BCUT2D eigenvalue weighted by Gasteiger charge is -2.15. The highest BCUT2D eigenvalue weighted by molar-refractivity contribution is 5.13. The Labute approximate surface area is 64.6 Å². The molecule has 0 nitrogen and oxygen atoms in total. The average molecular weight is 138 g/mol. The third-order valence-electron chi connectivity index (χ3n) is 1.95. The molecular formula is C10H18. The maximum atomic E-state index is 4.00. The van der Waals surface area contributed by atoms with E-state index in [1.165, 1.54) is 11.1 Å². The highest BCUT2D eigenvalue weighted by Gasteiger charge is 2.08. The molecule has 0 fully saturated rings. The molecule has 0 heteroatoms. The van der Waals surface area contributed by atoms with Crippen molar-refractivity contribution in [2.75, 3.05) is 0 Å². The minimum Gasteiger partial charge on any atom is -0.0995 e. The third-order valence-corrected chi connectivity index (χ3v) is 1.95. The van der Waals surface area contributed by atoms with Gasteiger partial charge in [0.05, 0.1) is 0 Å². The summed E-state index contributed by atoms with van der Waals surface area (Å²) in [5, 5.41) is 0. The van der Waals surface area contributed by atoms with Crippen LogP contribution in [0.25, 0.3) is 0 Å². The van der Waals surface area contributed by atoms with Gasteiger partial charge >= 0.3 is 0 Å². The van der Waals surface area contributed by atoms with Gasteiger partial charge in [-0.05, 0) is 25.7 Å². The second kappa shape index (κ2) is 4.32. The Bertz CT molecular complexity index is 131. The van der Waals surface area contributed by atoms with E-state index in [9.17, 15) is 0 Å². The molecule has 0 N–H and O–H groups in total. The fourth-order valence-electron chi connectivity index (χ4n) is 1.23. The quantitative estimate of drug-likeness (QED) is 0.521. The first kappa shape index (κ1) is 9.48. The van der Waals surface area contributed by atoms with Gasteiger partial charge in [-0.2, -0.15) is 0 Å². The predicted molar refractivity (Wildman–Crippen MR) is 48.0 cm³/mol. The van der Waals surface area contributed by atoms with Crippen LogP contribution in [-0.2, 0) is 0 Å². The summed E-state index contributed by atoms with van der Waals surface area (Å²) < 4.78 is 0. The van der Waals surface area contributed by atoms with E-state index < -0.39 is 0 Å². The van der Waals surface area contributed by atoms with Crippen molar-refractivity contribution in [2.45, 2.75) is 33.6 Å². The van der Waals surface area contributed by atoms with Crippen LogP contribution in [0.3, 0.4) is 0 Å². The summed E-state index contributed by atoms with van der Waals surface area (Å²) >= 11 is 0. The number of allylic oxidation sites excluding steroid dienone is 2. The summed E-state index contributed by atoms with van der Waals surface area (Å²) in [7, 11) is 0. The van der Waals surface area contributed by atoms with Gasteiger partial charge < -0.3 is 0 Å². The monoisotopic (exact) mass is 138 g/mol. The smallest absolute Gasteiger partial charge is 0.000395 e. The SMILES string of the molecule is C=C(C)C(CC)C(=C)CC. The zero-order valence-electron chi connectivity index (χ0n) is 7.41. The lowest BCUT2D eigenvalue weighted by molar-refractivity contribution is 0.666. The molecule has 0 amide bonds. The van der Waals surface area contributed by atoms with E-state index in [0.29, 0.717) is 5.92 Å². The van der Waals surface area contributed by atoms with E-state index >= 15 is 0 Å². The van der Waals surface area contributed by atoms with Crippen LogP contribution in [0.2, 0.25) is 0 Å². The van der Waals surface area contributed by atoms with Crippen molar-refractivity contribution in [3.05, 3.63) is 24.3 Å². The molecule has 1 unspecified atom stereocenters. The van der Waals surface area contributed by atoms with Crippen LogP contribution in [0.15, 0.2) is 24.3 Å². The predicted octanol–water partition coefficient (Wildman–Crippen LogP) is 3.55. The molecule has 1 atom stereocenters. The van der Waals surface area contributed by atoms with Gasteiger partial charge in [-0.1, -0.05) is 38.2 Å². The molecule has 0 aliphatic carbocycles. The average Bonchev–Trinajstić information content (AvgIpc) is 1.88. The van der Waals surface area contributed by atoms with Gasteiger partial charge in [0.1, 0.15) is 0 Å². The van der Waals surface area contributed by atoms with Crippen molar-refractivity contribution in [2.24, 2.45) is 5.92 Å². The number of hydrogen-bond donors (Lipinski definition) is 0. The molecule has 10 heavy (non-hydrogen) atoms. The zero-order chi connectivity index (χ0) is 8.15. The van der Waals surface area contributed by atoms with Gasteiger partial charge in [0.25, 0.3) is 0 Å². The van der Waals surface area contributed by atoms with E-state index in [4.69, 9.17) is 0 Å². The third kappa shape index (κ3) is 2.38. The molecular weight excluding hydrogens is 120 g/mol. The lowest BCUT2D eigenvalue weighted by Crippen LogP contribution is -2.01. The fraction of sp³-hybridized carbons (Fsp3) is 0.600. The van der Waals surface area contributed by atoms with E-state index in [0.717, 1.165) is 12.8 Å². The van der Waals surface area contributed by atoms with Gasteiger partial charge in [-0.25, -0.2) is 0 Å². The van der Waals surface area contributed by atoms with Gasteiger partial charge in [-0.3, -0.25) is 0 Å². The lowest BCUT2D eigenvalue weighted by atomic mass is 9.90. The van der Waals surface area contributed by atoms with Gasteiger partial charge in [0, 0.05) is 0 Å². The second-order valence-corrected chi connectivity index (χ2v) is 2.82. The second-order valence-electron chi connectivity index (χ2n) is 2.82. The van der Waals surface area contributed by atoms with Gasteiger partial charge in [-0.15, -0.1) is 0 Å². The van der Waals surface area contributed by atoms with Crippen LogP contribution in [0.5, 0.6) is 0 Å². The van der Waals surface area contributed by atoms with Crippen molar-refractivity contribution < 1.29 is 0 Å².